The maximum Gasteiger partial charge on any atom is -0.0181 e. The third-order valence-corrected chi connectivity index (χ3v) is 5.66. The molecule has 0 N–H and O–H groups in total. The van der Waals surface area contributed by atoms with Gasteiger partial charge in [-0.05, 0) is 58.9 Å². The van der Waals surface area contributed by atoms with Gasteiger partial charge in [0.2, 0.25) is 0 Å². The summed E-state index contributed by atoms with van der Waals surface area (Å²) < 4.78 is 0. The number of hydrogen-bond donors (Lipinski definition) is 0. The van der Waals surface area contributed by atoms with Crippen molar-refractivity contribution in [3.05, 3.63) is 95.6 Å². The van der Waals surface area contributed by atoms with E-state index in [0.29, 0.717) is 11.8 Å². The molecule has 140 valence electrons. The highest BCUT2D eigenvalue weighted by atomic mass is 14.2. The van der Waals surface area contributed by atoms with Gasteiger partial charge in [0.25, 0.3) is 0 Å². The molecule has 0 aliphatic heterocycles. The van der Waals surface area contributed by atoms with Crippen molar-refractivity contribution >= 4 is 0 Å². The molecule has 0 saturated heterocycles. The molecule has 0 amide bonds. The molecular weight excluding hydrogens is 324 g/mol. The third-order valence-electron chi connectivity index (χ3n) is 5.66. The first-order valence-electron chi connectivity index (χ1n) is 10.4. The van der Waals surface area contributed by atoms with Crippen molar-refractivity contribution in [3.8, 4) is 11.1 Å². The van der Waals surface area contributed by atoms with Crippen LogP contribution in [0.15, 0.2) is 78.9 Å². The standard InChI is InChI=1S/C27H32/c1-4-10-23-13-8-15-26(19-23)27-16-9-14-25(20-27)18-22(3)21(2)17-24-11-6-5-7-12-24/h5-9,11-16,19-22H,4,10,17-18H2,1-3H3. The molecule has 0 heterocycles. The van der Waals surface area contributed by atoms with Crippen LogP contribution in [-0.2, 0) is 19.3 Å². The summed E-state index contributed by atoms with van der Waals surface area (Å²) >= 11 is 0. The van der Waals surface area contributed by atoms with Crippen molar-refractivity contribution in [1.82, 2.24) is 0 Å². The van der Waals surface area contributed by atoms with Gasteiger partial charge in [-0.1, -0.05) is 106 Å². The first-order valence-corrected chi connectivity index (χ1v) is 10.4. The van der Waals surface area contributed by atoms with Crippen LogP contribution in [0, 0.1) is 11.8 Å². The fraction of sp³-hybridized carbons (Fsp3) is 0.333. The van der Waals surface area contributed by atoms with Gasteiger partial charge in [-0.25, -0.2) is 0 Å². The van der Waals surface area contributed by atoms with Gasteiger partial charge in [-0.3, -0.25) is 0 Å². The average molecular weight is 357 g/mol. The lowest BCUT2D eigenvalue weighted by Crippen LogP contribution is -2.13. The Kier molecular flexibility index (Phi) is 6.87. The van der Waals surface area contributed by atoms with E-state index in [1.807, 2.05) is 0 Å². The van der Waals surface area contributed by atoms with Crippen LogP contribution in [-0.4, -0.2) is 0 Å². The van der Waals surface area contributed by atoms with E-state index in [2.05, 4.69) is 99.6 Å². The minimum atomic E-state index is 0.659. The first kappa shape index (κ1) is 19.4. The number of aryl methyl sites for hydroxylation is 1. The molecule has 2 unspecified atom stereocenters. The minimum absolute atomic E-state index is 0.659. The van der Waals surface area contributed by atoms with Crippen molar-refractivity contribution in [2.24, 2.45) is 11.8 Å². The van der Waals surface area contributed by atoms with Crippen LogP contribution in [0.25, 0.3) is 11.1 Å². The quantitative estimate of drug-likeness (QED) is 0.395. The molecule has 0 bridgehead atoms. The third kappa shape index (κ3) is 5.57. The number of hydrogen-bond acceptors (Lipinski definition) is 0. The highest BCUT2D eigenvalue weighted by Gasteiger charge is 2.14. The van der Waals surface area contributed by atoms with Crippen molar-refractivity contribution in [1.29, 1.82) is 0 Å². The van der Waals surface area contributed by atoms with Crippen molar-refractivity contribution in [3.63, 3.8) is 0 Å². The zero-order chi connectivity index (χ0) is 19.1. The largest absolute Gasteiger partial charge is 0.0651 e. The summed E-state index contributed by atoms with van der Waals surface area (Å²) in [4.78, 5) is 0. The Hall–Kier alpha value is -2.34. The van der Waals surface area contributed by atoms with Gasteiger partial charge in [0, 0.05) is 0 Å². The molecule has 27 heavy (non-hydrogen) atoms. The van der Waals surface area contributed by atoms with Gasteiger partial charge >= 0.3 is 0 Å². The average Bonchev–Trinajstić information content (AvgIpc) is 2.69. The Bertz CT molecular complexity index is 831. The Morgan fingerprint density at radius 1 is 0.593 bits per heavy atom. The molecule has 3 aromatic carbocycles. The van der Waals surface area contributed by atoms with E-state index in [9.17, 15) is 0 Å². The highest BCUT2D eigenvalue weighted by molar-refractivity contribution is 5.65. The predicted octanol–water partition coefficient (Wildman–Crippen LogP) is 7.36. The summed E-state index contributed by atoms with van der Waals surface area (Å²) in [5, 5.41) is 0. The summed E-state index contributed by atoms with van der Waals surface area (Å²) in [6, 6.07) is 29.0. The molecule has 0 saturated carbocycles. The molecule has 0 radical (unpaired) electrons. The molecular formula is C27H32. The molecule has 0 fully saturated rings. The van der Waals surface area contributed by atoms with Crippen molar-refractivity contribution < 1.29 is 0 Å². The minimum Gasteiger partial charge on any atom is -0.0651 e. The number of rotatable bonds is 8. The van der Waals surface area contributed by atoms with E-state index in [1.54, 1.807) is 0 Å². The van der Waals surface area contributed by atoms with Crippen LogP contribution in [0.4, 0.5) is 0 Å². The van der Waals surface area contributed by atoms with Crippen molar-refractivity contribution in [2.45, 2.75) is 46.5 Å². The maximum absolute atomic E-state index is 2.39. The molecule has 3 aromatic rings. The molecule has 0 aliphatic carbocycles. The van der Waals surface area contributed by atoms with Gasteiger partial charge in [0.15, 0.2) is 0 Å². The van der Waals surface area contributed by atoms with Crippen molar-refractivity contribution in [2.75, 3.05) is 0 Å². The summed E-state index contributed by atoms with van der Waals surface area (Å²) in [6.07, 6.45) is 4.64. The second kappa shape index (κ2) is 9.55. The maximum atomic E-state index is 2.39. The van der Waals surface area contributed by atoms with Crippen LogP contribution < -0.4 is 0 Å². The second-order valence-corrected chi connectivity index (χ2v) is 8.00. The molecule has 0 aromatic heterocycles. The topological polar surface area (TPSA) is 0 Å². The van der Waals surface area contributed by atoms with Gasteiger partial charge in [-0.2, -0.15) is 0 Å². The lowest BCUT2D eigenvalue weighted by Gasteiger charge is -2.20. The van der Waals surface area contributed by atoms with Gasteiger partial charge in [0.1, 0.15) is 0 Å². The van der Waals surface area contributed by atoms with Crippen LogP contribution in [0.5, 0.6) is 0 Å². The van der Waals surface area contributed by atoms with Crippen LogP contribution >= 0.6 is 0 Å². The smallest absolute Gasteiger partial charge is 0.0181 e. The first-order chi connectivity index (χ1) is 13.2. The monoisotopic (exact) mass is 356 g/mol. The molecule has 2 atom stereocenters. The lowest BCUT2D eigenvalue weighted by molar-refractivity contribution is 0.383. The molecule has 0 heteroatoms. The van der Waals surface area contributed by atoms with Crippen LogP contribution in [0.1, 0.15) is 43.9 Å². The molecule has 0 aliphatic rings. The Morgan fingerprint density at radius 3 is 1.74 bits per heavy atom. The van der Waals surface area contributed by atoms with E-state index < -0.39 is 0 Å². The van der Waals surface area contributed by atoms with Crippen LogP contribution in [0.3, 0.4) is 0 Å². The van der Waals surface area contributed by atoms with Gasteiger partial charge < -0.3 is 0 Å². The highest BCUT2D eigenvalue weighted by Crippen LogP contribution is 2.26. The molecule has 3 rings (SSSR count). The van der Waals surface area contributed by atoms with E-state index in [-0.39, 0.29) is 0 Å². The lowest BCUT2D eigenvalue weighted by atomic mass is 9.85. The number of benzene rings is 3. The second-order valence-electron chi connectivity index (χ2n) is 8.00. The predicted molar refractivity (Wildman–Crippen MR) is 118 cm³/mol. The Morgan fingerprint density at radius 2 is 1.11 bits per heavy atom. The van der Waals surface area contributed by atoms with E-state index in [4.69, 9.17) is 0 Å². The summed E-state index contributed by atoms with van der Waals surface area (Å²) in [6.45, 7) is 7.02. The Labute approximate surface area is 165 Å². The van der Waals surface area contributed by atoms with Gasteiger partial charge in [-0.15, -0.1) is 0 Å². The summed E-state index contributed by atoms with van der Waals surface area (Å²) in [5.41, 5.74) is 7.01. The SMILES string of the molecule is CCCc1cccc(-c2cccc(CC(C)C(C)Cc3ccccc3)c2)c1. The molecule has 0 nitrogen and oxygen atoms in total. The van der Waals surface area contributed by atoms with Crippen LogP contribution in [0.2, 0.25) is 0 Å². The molecule has 0 spiro atoms. The fourth-order valence-corrected chi connectivity index (χ4v) is 3.83. The zero-order valence-electron chi connectivity index (χ0n) is 17.0. The van der Waals surface area contributed by atoms with E-state index in [1.165, 1.54) is 34.2 Å². The summed E-state index contributed by atoms with van der Waals surface area (Å²) in [7, 11) is 0. The normalized spacial score (nSPS) is 13.3. The zero-order valence-corrected chi connectivity index (χ0v) is 17.0. The van der Waals surface area contributed by atoms with E-state index >= 15 is 0 Å². The summed E-state index contributed by atoms with van der Waals surface area (Å²) in [5.74, 6) is 1.33. The van der Waals surface area contributed by atoms with Gasteiger partial charge in [0.05, 0.1) is 0 Å². The Balaban J connectivity index is 1.69. The van der Waals surface area contributed by atoms with E-state index in [0.717, 1.165) is 19.3 Å². The fourth-order valence-electron chi connectivity index (χ4n) is 3.83.